The van der Waals surface area contributed by atoms with Gasteiger partial charge in [-0.2, -0.15) is 0 Å². The Bertz CT molecular complexity index is 307. The first-order valence-corrected chi connectivity index (χ1v) is 4.12. The molecule has 1 rings (SSSR count). The highest BCUT2D eigenvalue weighted by Crippen LogP contribution is 2.21. The molecular weight excluding hydrogens is 162 g/mol. The number of amides is 1. The first-order valence-electron chi connectivity index (χ1n) is 4.12. The minimum atomic E-state index is -0.360. The largest absolute Gasteiger partial charge is 0.369 e. The van der Waals surface area contributed by atoms with Crippen molar-refractivity contribution in [3.8, 4) is 0 Å². The fourth-order valence-electron chi connectivity index (χ4n) is 1.34. The van der Waals surface area contributed by atoms with Gasteiger partial charge in [-0.25, -0.2) is 0 Å². The maximum atomic E-state index is 11.1. The van der Waals surface area contributed by atoms with Crippen LogP contribution >= 0.6 is 0 Å². The third-order valence-corrected chi connectivity index (χ3v) is 1.91. The second-order valence-corrected chi connectivity index (χ2v) is 3.09. The molecule has 2 N–H and O–H groups in total. The summed E-state index contributed by atoms with van der Waals surface area (Å²) < 4.78 is 0. The van der Waals surface area contributed by atoms with Gasteiger partial charge in [0.1, 0.15) is 0 Å². The molecule has 0 saturated carbocycles. The molecule has 2 nitrogen and oxygen atoms in total. The van der Waals surface area contributed by atoms with E-state index in [9.17, 15) is 4.79 Å². The molecule has 0 fully saturated rings. The zero-order chi connectivity index (χ0) is 9.84. The molecule has 0 aliphatic heterocycles. The molecule has 0 spiro atoms. The number of rotatable bonds is 3. The summed E-state index contributed by atoms with van der Waals surface area (Å²) in [4.78, 5) is 11.1. The lowest BCUT2D eigenvalue weighted by Gasteiger charge is -2.12. The van der Waals surface area contributed by atoms with Crippen molar-refractivity contribution in [3.63, 3.8) is 0 Å². The van der Waals surface area contributed by atoms with E-state index in [2.05, 4.69) is 6.58 Å². The molecule has 0 aliphatic rings. The van der Waals surface area contributed by atoms with Crippen LogP contribution in [0.2, 0.25) is 0 Å². The van der Waals surface area contributed by atoms with E-state index in [1.54, 1.807) is 0 Å². The smallest absolute Gasteiger partial charge is 0.229 e. The van der Waals surface area contributed by atoms with Crippen LogP contribution in [0.4, 0.5) is 0 Å². The van der Waals surface area contributed by atoms with E-state index in [1.807, 2.05) is 37.3 Å². The van der Waals surface area contributed by atoms with Crippen LogP contribution in [0.15, 0.2) is 42.5 Å². The third-order valence-electron chi connectivity index (χ3n) is 1.91. The van der Waals surface area contributed by atoms with E-state index in [4.69, 9.17) is 5.73 Å². The Morgan fingerprint density at radius 3 is 2.38 bits per heavy atom. The van der Waals surface area contributed by atoms with E-state index in [0.717, 1.165) is 11.1 Å². The molecule has 0 aromatic heterocycles. The van der Waals surface area contributed by atoms with Gasteiger partial charge in [0, 0.05) is 1.43 Å². The number of hydrogen-bond acceptors (Lipinski definition) is 1. The molecule has 0 bridgehead atoms. The lowest BCUT2D eigenvalue weighted by Crippen LogP contribution is -2.21. The number of hydrogen-bond donors (Lipinski definition) is 1. The van der Waals surface area contributed by atoms with Gasteiger partial charge >= 0.3 is 0 Å². The summed E-state index contributed by atoms with van der Waals surface area (Å²) in [6, 6.07) is 9.43. The number of carbonyl (C=O) groups is 1. The average Bonchev–Trinajstić information content (AvgIpc) is 2.04. The molecule has 1 amide bonds. The van der Waals surface area contributed by atoms with Gasteiger partial charge in [-0.1, -0.05) is 42.5 Å². The molecule has 0 aliphatic carbocycles. The molecule has 70 valence electrons. The second kappa shape index (κ2) is 3.90. The quantitative estimate of drug-likeness (QED) is 0.706. The Morgan fingerprint density at radius 2 is 2.00 bits per heavy atom. The van der Waals surface area contributed by atoms with Crippen molar-refractivity contribution >= 4 is 5.91 Å². The predicted molar refractivity (Wildman–Crippen MR) is 55.3 cm³/mol. The van der Waals surface area contributed by atoms with Gasteiger partial charge in [0.15, 0.2) is 0 Å². The van der Waals surface area contributed by atoms with Crippen molar-refractivity contribution in [2.45, 2.75) is 12.8 Å². The van der Waals surface area contributed by atoms with E-state index >= 15 is 0 Å². The minimum absolute atomic E-state index is 0. The molecule has 0 heterocycles. The minimum Gasteiger partial charge on any atom is -0.369 e. The summed E-state index contributed by atoms with van der Waals surface area (Å²) in [5, 5.41) is 0. The molecule has 1 aromatic carbocycles. The maximum absolute atomic E-state index is 11.1. The first-order chi connectivity index (χ1) is 6.13. The van der Waals surface area contributed by atoms with E-state index < -0.39 is 0 Å². The van der Waals surface area contributed by atoms with Crippen LogP contribution in [0.3, 0.4) is 0 Å². The van der Waals surface area contributed by atoms with Crippen LogP contribution in [0, 0.1) is 0 Å². The number of benzene rings is 1. The van der Waals surface area contributed by atoms with E-state index in [0.29, 0.717) is 0 Å². The topological polar surface area (TPSA) is 43.1 Å². The van der Waals surface area contributed by atoms with Gasteiger partial charge < -0.3 is 5.73 Å². The van der Waals surface area contributed by atoms with Crippen molar-refractivity contribution < 1.29 is 6.22 Å². The van der Waals surface area contributed by atoms with Crippen LogP contribution in [-0.4, -0.2) is 5.91 Å². The van der Waals surface area contributed by atoms with Crippen LogP contribution in [0.5, 0.6) is 0 Å². The van der Waals surface area contributed by atoms with Crippen LogP contribution in [0.1, 0.15) is 19.8 Å². The zero-order valence-electron chi connectivity index (χ0n) is 7.66. The van der Waals surface area contributed by atoms with Crippen molar-refractivity contribution in [1.29, 1.82) is 0 Å². The molecule has 1 atom stereocenters. The highest BCUT2D eigenvalue weighted by molar-refractivity contribution is 5.85. The summed E-state index contributed by atoms with van der Waals surface area (Å²) >= 11 is 0. The highest BCUT2D eigenvalue weighted by Gasteiger charge is 2.17. The predicted octanol–water partition coefficient (Wildman–Crippen LogP) is 2.08. The summed E-state index contributed by atoms with van der Waals surface area (Å²) in [5.74, 6) is -0.708. The van der Waals surface area contributed by atoms with Crippen molar-refractivity contribution in [2.24, 2.45) is 5.73 Å². The SMILES string of the molecule is C=C(C)C(C(N)=O)c1ccccc1.[HH]. The first kappa shape index (κ1) is 9.52. The fraction of sp³-hybridized carbons (Fsp3) is 0.182. The molecule has 13 heavy (non-hydrogen) atoms. The Morgan fingerprint density at radius 1 is 1.46 bits per heavy atom. The third kappa shape index (κ3) is 2.18. The van der Waals surface area contributed by atoms with E-state index in [1.165, 1.54) is 0 Å². The van der Waals surface area contributed by atoms with E-state index in [-0.39, 0.29) is 13.3 Å². The van der Waals surface area contributed by atoms with Crippen molar-refractivity contribution in [1.82, 2.24) is 0 Å². The van der Waals surface area contributed by atoms with Crippen LogP contribution in [-0.2, 0) is 4.79 Å². The molecule has 0 saturated heterocycles. The van der Waals surface area contributed by atoms with Crippen LogP contribution in [0.25, 0.3) is 0 Å². The Kier molecular flexibility index (Phi) is 2.85. The second-order valence-electron chi connectivity index (χ2n) is 3.09. The number of nitrogens with two attached hydrogens (primary N) is 1. The summed E-state index contributed by atoms with van der Waals surface area (Å²) in [7, 11) is 0. The van der Waals surface area contributed by atoms with Gasteiger partial charge in [-0.15, -0.1) is 0 Å². The number of carbonyl (C=O) groups excluding carboxylic acids is 1. The van der Waals surface area contributed by atoms with Gasteiger partial charge in [-0.05, 0) is 12.5 Å². The van der Waals surface area contributed by atoms with Crippen molar-refractivity contribution in [3.05, 3.63) is 48.0 Å². The van der Waals surface area contributed by atoms with Crippen LogP contribution < -0.4 is 5.73 Å². The van der Waals surface area contributed by atoms with Gasteiger partial charge in [0.25, 0.3) is 0 Å². The lowest BCUT2D eigenvalue weighted by atomic mass is 9.92. The summed E-state index contributed by atoms with van der Waals surface area (Å²) in [5.41, 5.74) is 6.95. The number of primary amides is 1. The average molecular weight is 177 g/mol. The van der Waals surface area contributed by atoms with Crippen molar-refractivity contribution in [2.75, 3.05) is 0 Å². The Balaban J connectivity index is 0.00000169. The summed E-state index contributed by atoms with van der Waals surface area (Å²) in [6.45, 7) is 5.56. The monoisotopic (exact) mass is 177 g/mol. The Labute approximate surface area is 79.6 Å². The van der Waals surface area contributed by atoms with Gasteiger partial charge in [0.05, 0.1) is 5.92 Å². The van der Waals surface area contributed by atoms with Gasteiger partial charge in [-0.3, -0.25) is 4.79 Å². The molecular formula is C11H15NO. The lowest BCUT2D eigenvalue weighted by molar-refractivity contribution is -0.118. The zero-order valence-corrected chi connectivity index (χ0v) is 7.66. The summed E-state index contributed by atoms with van der Waals surface area (Å²) in [6.07, 6.45) is 0. The Hall–Kier alpha value is -1.57. The van der Waals surface area contributed by atoms with Gasteiger partial charge in [0.2, 0.25) is 5.91 Å². The molecule has 0 radical (unpaired) electrons. The molecule has 1 aromatic rings. The molecule has 2 heteroatoms. The normalized spacial score (nSPS) is 12.1. The maximum Gasteiger partial charge on any atom is 0.229 e. The molecule has 1 unspecified atom stereocenters. The standard InChI is InChI=1S/C11H13NO.H2/c1-8(2)10(11(12)13)9-6-4-3-5-7-9;/h3-7,10H,1H2,2H3,(H2,12,13);1H. The fourth-order valence-corrected chi connectivity index (χ4v) is 1.34. The highest BCUT2D eigenvalue weighted by atomic mass is 16.1.